The highest BCUT2D eigenvalue weighted by atomic mass is 35.5. The molecule has 0 bridgehead atoms. The molecule has 3 heteroatoms. The molecule has 102 valence electrons. The van der Waals surface area contributed by atoms with Crippen molar-refractivity contribution in [3.63, 3.8) is 0 Å². The number of halogens is 2. The lowest BCUT2D eigenvalue weighted by atomic mass is 9.80. The smallest absolute Gasteiger partial charge is 0.193 e. The summed E-state index contributed by atoms with van der Waals surface area (Å²) in [6.45, 7) is 0. The van der Waals surface area contributed by atoms with E-state index >= 15 is 0 Å². The first-order chi connectivity index (χ1) is 9.65. The van der Waals surface area contributed by atoms with Gasteiger partial charge < -0.3 is 0 Å². The molecule has 0 aromatic heterocycles. The predicted octanol–water partition coefficient (Wildman–Crippen LogP) is 4.98. The Bertz CT molecular complexity index is 645. The standard InChI is InChI=1S/C17H14ClFO/c18-15-10-14(8-9-16(15)19)17(20)13-6-4-12(5-7-13)11-2-1-3-11/h4-11H,1-3H2. The first-order valence-corrected chi connectivity index (χ1v) is 7.12. The fourth-order valence-corrected chi connectivity index (χ4v) is 2.63. The molecule has 2 aromatic rings. The first-order valence-electron chi connectivity index (χ1n) is 6.75. The number of hydrogen-bond donors (Lipinski definition) is 0. The first kappa shape index (κ1) is 13.3. The quantitative estimate of drug-likeness (QED) is 0.728. The summed E-state index contributed by atoms with van der Waals surface area (Å²) in [5.41, 5.74) is 2.31. The van der Waals surface area contributed by atoms with Gasteiger partial charge in [-0.3, -0.25) is 4.79 Å². The van der Waals surface area contributed by atoms with E-state index in [-0.39, 0.29) is 10.8 Å². The molecule has 1 aliphatic rings. The van der Waals surface area contributed by atoms with Crippen molar-refractivity contribution in [2.24, 2.45) is 0 Å². The highest BCUT2D eigenvalue weighted by Crippen LogP contribution is 2.36. The third-order valence-electron chi connectivity index (χ3n) is 3.93. The van der Waals surface area contributed by atoms with E-state index in [0.717, 1.165) is 0 Å². The van der Waals surface area contributed by atoms with Gasteiger partial charge >= 0.3 is 0 Å². The van der Waals surface area contributed by atoms with Crippen LogP contribution in [0.1, 0.15) is 46.7 Å². The molecule has 1 fully saturated rings. The van der Waals surface area contributed by atoms with Gasteiger partial charge in [0.25, 0.3) is 0 Å². The van der Waals surface area contributed by atoms with Gasteiger partial charge in [0.15, 0.2) is 5.78 Å². The Hall–Kier alpha value is -1.67. The Kier molecular flexibility index (Phi) is 3.58. The highest BCUT2D eigenvalue weighted by Gasteiger charge is 2.19. The van der Waals surface area contributed by atoms with E-state index in [1.54, 1.807) is 0 Å². The van der Waals surface area contributed by atoms with Crippen LogP contribution in [-0.2, 0) is 0 Å². The molecule has 0 amide bonds. The Balaban J connectivity index is 1.84. The maximum Gasteiger partial charge on any atom is 0.193 e. The topological polar surface area (TPSA) is 17.1 Å². The summed E-state index contributed by atoms with van der Waals surface area (Å²) in [6.07, 6.45) is 3.77. The van der Waals surface area contributed by atoms with Crippen LogP contribution in [-0.4, -0.2) is 5.78 Å². The summed E-state index contributed by atoms with van der Waals surface area (Å²) in [7, 11) is 0. The second-order valence-corrected chi connectivity index (χ2v) is 5.62. The minimum Gasteiger partial charge on any atom is -0.289 e. The Labute approximate surface area is 122 Å². The van der Waals surface area contributed by atoms with Crippen LogP contribution in [0.2, 0.25) is 5.02 Å². The normalized spacial score (nSPS) is 14.9. The van der Waals surface area contributed by atoms with Crippen molar-refractivity contribution in [3.05, 3.63) is 70.0 Å². The third kappa shape index (κ3) is 2.48. The van der Waals surface area contributed by atoms with Crippen LogP contribution >= 0.6 is 11.6 Å². The molecular formula is C17H14ClFO. The third-order valence-corrected chi connectivity index (χ3v) is 4.22. The number of hydrogen-bond acceptors (Lipinski definition) is 1. The van der Waals surface area contributed by atoms with Gasteiger partial charge in [0, 0.05) is 11.1 Å². The fourth-order valence-electron chi connectivity index (χ4n) is 2.45. The largest absolute Gasteiger partial charge is 0.289 e. The van der Waals surface area contributed by atoms with Crippen LogP contribution in [0.15, 0.2) is 42.5 Å². The fraction of sp³-hybridized carbons (Fsp3) is 0.235. The van der Waals surface area contributed by atoms with Gasteiger partial charge in [0.2, 0.25) is 0 Å². The van der Waals surface area contributed by atoms with Crippen LogP contribution in [0.4, 0.5) is 4.39 Å². The molecule has 20 heavy (non-hydrogen) atoms. The lowest BCUT2D eigenvalue weighted by Crippen LogP contribution is -2.09. The van der Waals surface area contributed by atoms with Crippen molar-refractivity contribution in [1.29, 1.82) is 0 Å². The zero-order chi connectivity index (χ0) is 14.1. The van der Waals surface area contributed by atoms with Gasteiger partial charge in [-0.1, -0.05) is 42.3 Å². The Morgan fingerprint density at radius 3 is 2.25 bits per heavy atom. The SMILES string of the molecule is O=C(c1ccc(C2CCC2)cc1)c1ccc(F)c(Cl)c1. The lowest BCUT2D eigenvalue weighted by Gasteiger charge is -2.25. The minimum absolute atomic E-state index is 0.0260. The van der Waals surface area contributed by atoms with Crippen molar-refractivity contribution < 1.29 is 9.18 Å². The lowest BCUT2D eigenvalue weighted by molar-refractivity contribution is 0.103. The molecule has 0 aliphatic heterocycles. The summed E-state index contributed by atoms with van der Waals surface area (Å²) < 4.78 is 13.1. The summed E-state index contributed by atoms with van der Waals surface area (Å²) in [5.74, 6) is 0.00928. The molecule has 1 aliphatic carbocycles. The van der Waals surface area contributed by atoms with Gasteiger partial charge in [-0.2, -0.15) is 0 Å². The van der Waals surface area contributed by atoms with E-state index in [0.29, 0.717) is 17.0 Å². The molecular weight excluding hydrogens is 275 g/mol. The number of carbonyl (C=O) groups is 1. The molecule has 2 aromatic carbocycles. The highest BCUT2D eigenvalue weighted by molar-refractivity contribution is 6.31. The molecule has 1 nitrogen and oxygen atoms in total. The van der Waals surface area contributed by atoms with E-state index in [9.17, 15) is 9.18 Å². The van der Waals surface area contributed by atoms with Gasteiger partial charge in [0.05, 0.1) is 5.02 Å². The number of benzene rings is 2. The van der Waals surface area contributed by atoms with E-state index in [4.69, 9.17) is 11.6 Å². The second kappa shape index (κ2) is 5.37. The van der Waals surface area contributed by atoms with Crippen LogP contribution in [0.5, 0.6) is 0 Å². The van der Waals surface area contributed by atoms with Crippen molar-refractivity contribution in [2.45, 2.75) is 25.2 Å². The molecule has 0 saturated heterocycles. The van der Waals surface area contributed by atoms with E-state index < -0.39 is 5.82 Å². The van der Waals surface area contributed by atoms with Crippen LogP contribution in [0.3, 0.4) is 0 Å². The number of rotatable bonds is 3. The van der Waals surface area contributed by atoms with Gasteiger partial charge in [-0.15, -0.1) is 0 Å². The van der Waals surface area contributed by atoms with Crippen molar-refractivity contribution in [1.82, 2.24) is 0 Å². The maximum atomic E-state index is 13.1. The zero-order valence-electron chi connectivity index (χ0n) is 10.9. The van der Waals surface area contributed by atoms with Crippen LogP contribution in [0, 0.1) is 5.82 Å². The van der Waals surface area contributed by atoms with Gasteiger partial charge in [-0.05, 0) is 42.5 Å². The zero-order valence-corrected chi connectivity index (χ0v) is 11.7. The second-order valence-electron chi connectivity index (χ2n) is 5.21. The van der Waals surface area contributed by atoms with Crippen LogP contribution in [0.25, 0.3) is 0 Å². The molecule has 0 spiro atoms. The van der Waals surface area contributed by atoms with Crippen molar-refractivity contribution >= 4 is 17.4 Å². The Morgan fingerprint density at radius 2 is 1.70 bits per heavy atom. The predicted molar refractivity (Wildman–Crippen MR) is 77.9 cm³/mol. The van der Waals surface area contributed by atoms with Crippen LogP contribution < -0.4 is 0 Å². The van der Waals surface area contributed by atoms with E-state index in [1.807, 2.05) is 24.3 Å². The summed E-state index contributed by atoms with van der Waals surface area (Å²) >= 11 is 5.71. The van der Waals surface area contributed by atoms with Gasteiger partial charge in [-0.25, -0.2) is 4.39 Å². The minimum atomic E-state index is -0.511. The van der Waals surface area contributed by atoms with E-state index in [2.05, 4.69) is 0 Å². The molecule has 0 unspecified atom stereocenters. The molecule has 1 saturated carbocycles. The molecule has 0 heterocycles. The van der Waals surface area contributed by atoms with Crippen molar-refractivity contribution in [3.8, 4) is 0 Å². The molecule has 0 atom stereocenters. The van der Waals surface area contributed by atoms with E-state index in [1.165, 1.54) is 43.0 Å². The monoisotopic (exact) mass is 288 g/mol. The van der Waals surface area contributed by atoms with Gasteiger partial charge in [0.1, 0.15) is 5.82 Å². The average molecular weight is 289 g/mol. The molecule has 0 radical (unpaired) electrons. The summed E-state index contributed by atoms with van der Waals surface area (Å²) in [6, 6.07) is 11.8. The maximum absolute atomic E-state index is 13.1. The Morgan fingerprint density at radius 1 is 1.05 bits per heavy atom. The summed E-state index contributed by atoms with van der Waals surface area (Å²) in [4.78, 5) is 12.3. The number of carbonyl (C=O) groups excluding carboxylic acids is 1. The molecule has 0 N–H and O–H groups in total. The van der Waals surface area contributed by atoms with Crippen molar-refractivity contribution in [2.75, 3.05) is 0 Å². The summed E-state index contributed by atoms with van der Waals surface area (Å²) in [5, 5.41) is -0.0260. The number of ketones is 1. The average Bonchev–Trinajstić information content (AvgIpc) is 2.40. The molecule has 3 rings (SSSR count).